The first-order valence-corrected chi connectivity index (χ1v) is 3.52. The van der Waals surface area contributed by atoms with Gasteiger partial charge in [0, 0.05) is 6.54 Å². The van der Waals surface area contributed by atoms with Crippen LogP contribution in [0.2, 0.25) is 0 Å². The number of hydrogen-bond donors (Lipinski definition) is 2. The smallest absolute Gasteiger partial charge is 0.218 e. The van der Waals surface area contributed by atoms with Gasteiger partial charge in [-0.05, 0) is 6.42 Å². The van der Waals surface area contributed by atoms with E-state index in [2.05, 4.69) is 27.4 Å². The van der Waals surface area contributed by atoms with Crippen molar-refractivity contribution in [2.45, 2.75) is 19.8 Å². The van der Waals surface area contributed by atoms with Crippen LogP contribution in [0.15, 0.2) is 6.33 Å². The van der Waals surface area contributed by atoms with Gasteiger partial charge in [-0.25, -0.2) is 10.1 Å². The van der Waals surface area contributed by atoms with E-state index in [1.54, 1.807) is 0 Å². The van der Waals surface area contributed by atoms with Gasteiger partial charge in [0.15, 0.2) is 0 Å². The summed E-state index contributed by atoms with van der Waals surface area (Å²) >= 11 is 0. The Morgan fingerprint density at radius 1 is 1.70 bits per heavy atom. The van der Waals surface area contributed by atoms with E-state index in [4.69, 9.17) is 0 Å². The normalized spacial score (nSPS) is 9.70. The summed E-state index contributed by atoms with van der Waals surface area (Å²) in [5, 5.41) is 9.52. The standard InChI is InChI=1S/C6H12N4/c1-2-3-4-7-6-8-5-9-10-6/h5H,2-4H2,1H3,(H2,7,8,9,10). The number of aromatic amines is 1. The number of nitrogens with zero attached hydrogens (tertiary/aromatic N) is 2. The summed E-state index contributed by atoms with van der Waals surface area (Å²) in [5.74, 6) is 0.758. The largest absolute Gasteiger partial charge is 0.355 e. The molecule has 1 aromatic rings. The van der Waals surface area contributed by atoms with Gasteiger partial charge in [0.2, 0.25) is 5.95 Å². The Morgan fingerprint density at radius 3 is 3.20 bits per heavy atom. The first-order chi connectivity index (χ1) is 4.93. The van der Waals surface area contributed by atoms with Gasteiger partial charge in [0.25, 0.3) is 0 Å². The molecule has 10 heavy (non-hydrogen) atoms. The van der Waals surface area contributed by atoms with Crippen molar-refractivity contribution >= 4 is 5.95 Å². The molecule has 0 aliphatic carbocycles. The maximum atomic E-state index is 3.91. The molecule has 0 aliphatic heterocycles. The Kier molecular flexibility index (Phi) is 2.73. The highest BCUT2D eigenvalue weighted by Crippen LogP contribution is 1.93. The first-order valence-electron chi connectivity index (χ1n) is 3.52. The zero-order chi connectivity index (χ0) is 7.23. The summed E-state index contributed by atoms with van der Waals surface area (Å²) in [7, 11) is 0. The number of hydrogen-bond acceptors (Lipinski definition) is 3. The zero-order valence-electron chi connectivity index (χ0n) is 6.09. The molecule has 4 nitrogen and oxygen atoms in total. The van der Waals surface area contributed by atoms with Crippen LogP contribution in [-0.2, 0) is 0 Å². The predicted molar refractivity (Wildman–Crippen MR) is 39.8 cm³/mol. The summed E-state index contributed by atoms with van der Waals surface area (Å²) in [4.78, 5) is 3.91. The maximum Gasteiger partial charge on any atom is 0.218 e. The number of unbranched alkanes of at least 4 members (excludes halogenated alkanes) is 1. The van der Waals surface area contributed by atoms with Gasteiger partial charge >= 0.3 is 0 Å². The molecule has 0 radical (unpaired) electrons. The van der Waals surface area contributed by atoms with Crippen LogP contribution < -0.4 is 5.32 Å². The molecule has 0 saturated carbocycles. The molecule has 2 N–H and O–H groups in total. The number of nitrogens with one attached hydrogen (secondary N) is 2. The molecular weight excluding hydrogens is 128 g/mol. The minimum Gasteiger partial charge on any atom is -0.355 e. The number of rotatable bonds is 4. The van der Waals surface area contributed by atoms with Crippen molar-refractivity contribution in [2.75, 3.05) is 11.9 Å². The minimum atomic E-state index is 0.758. The molecule has 0 saturated heterocycles. The Bertz CT molecular complexity index is 158. The van der Waals surface area contributed by atoms with Crippen molar-refractivity contribution in [1.82, 2.24) is 15.2 Å². The lowest BCUT2D eigenvalue weighted by Gasteiger charge is -1.97. The molecule has 0 aliphatic rings. The summed E-state index contributed by atoms with van der Waals surface area (Å²) in [6.45, 7) is 3.12. The lowest BCUT2D eigenvalue weighted by atomic mass is 10.3. The van der Waals surface area contributed by atoms with Crippen LogP contribution in [0.4, 0.5) is 5.95 Å². The fraction of sp³-hybridized carbons (Fsp3) is 0.667. The zero-order valence-corrected chi connectivity index (χ0v) is 6.09. The average Bonchev–Trinajstić information content (AvgIpc) is 2.41. The van der Waals surface area contributed by atoms with E-state index in [9.17, 15) is 0 Å². The summed E-state index contributed by atoms with van der Waals surface area (Å²) in [6.07, 6.45) is 3.86. The Morgan fingerprint density at radius 2 is 2.60 bits per heavy atom. The van der Waals surface area contributed by atoms with Gasteiger partial charge in [0.1, 0.15) is 6.33 Å². The van der Waals surface area contributed by atoms with Gasteiger partial charge in [-0.3, -0.25) is 0 Å². The molecule has 4 heteroatoms. The summed E-state index contributed by atoms with van der Waals surface area (Å²) < 4.78 is 0. The van der Waals surface area contributed by atoms with Gasteiger partial charge < -0.3 is 5.32 Å². The van der Waals surface area contributed by atoms with Crippen LogP contribution in [0, 0.1) is 0 Å². The van der Waals surface area contributed by atoms with E-state index in [0.717, 1.165) is 12.5 Å². The summed E-state index contributed by atoms with van der Waals surface area (Å²) in [5.41, 5.74) is 0. The molecule has 0 unspecified atom stereocenters. The van der Waals surface area contributed by atoms with E-state index in [-0.39, 0.29) is 0 Å². The lowest BCUT2D eigenvalue weighted by Crippen LogP contribution is -2.01. The quantitative estimate of drug-likeness (QED) is 0.614. The molecule has 56 valence electrons. The third-order valence-corrected chi connectivity index (χ3v) is 1.24. The topological polar surface area (TPSA) is 53.6 Å². The highest BCUT2D eigenvalue weighted by Gasteiger charge is 1.89. The van der Waals surface area contributed by atoms with Crippen LogP contribution in [0.1, 0.15) is 19.8 Å². The van der Waals surface area contributed by atoms with Crippen LogP contribution in [0.25, 0.3) is 0 Å². The monoisotopic (exact) mass is 140 g/mol. The number of H-pyrrole nitrogens is 1. The van der Waals surface area contributed by atoms with Crippen molar-refractivity contribution in [2.24, 2.45) is 0 Å². The van der Waals surface area contributed by atoms with Gasteiger partial charge in [-0.1, -0.05) is 13.3 Å². The molecule has 0 amide bonds. The Hall–Kier alpha value is -1.06. The van der Waals surface area contributed by atoms with E-state index in [0.29, 0.717) is 0 Å². The molecule has 0 spiro atoms. The lowest BCUT2D eigenvalue weighted by molar-refractivity contribution is 0.827. The Labute approximate surface area is 60.1 Å². The Balaban J connectivity index is 2.15. The molecule has 1 aromatic heterocycles. The average molecular weight is 140 g/mol. The molecular formula is C6H12N4. The maximum absolute atomic E-state index is 3.91. The summed E-state index contributed by atoms with van der Waals surface area (Å²) in [6, 6.07) is 0. The van der Waals surface area contributed by atoms with Crippen molar-refractivity contribution in [3.05, 3.63) is 6.33 Å². The van der Waals surface area contributed by atoms with E-state index in [1.807, 2.05) is 0 Å². The van der Waals surface area contributed by atoms with Crippen molar-refractivity contribution in [3.8, 4) is 0 Å². The van der Waals surface area contributed by atoms with E-state index in [1.165, 1.54) is 19.2 Å². The van der Waals surface area contributed by atoms with Crippen LogP contribution >= 0.6 is 0 Å². The molecule has 0 aromatic carbocycles. The van der Waals surface area contributed by atoms with Crippen molar-refractivity contribution in [3.63, 3.8) is 0 Å². The fourth-order valence-corrected chi connectivity index (χ4v) is 0.674. The first kappa shape index (κ1) is 7.05. The number of aromatic nitrogens is 3. The second-order valence-electron chi connectivity index (χ2n) is 2.11. The highest BCUT2D eigenvalue weighted by molar-refractivity contribution is 5.19. The predicted octanol–water partition coefficient (Wildman–Crippen LogP) is 1.02. The molecule has 0 bridgehead atoms. The molecule has 1 rings (SSSR count). The molecule has 0 fully saturated rings. The minimum absolute atomic E-state index is 0.758. The van der Waals surface area contributed by atoms with Crippen LogP contribution in [0.3, 0.4) is 0 Å². The number of anilines is 1. The van der Waals surface area contributed by atoms with Crippen LogP contribution in [-0.4, -0.2) is 21.7 Å². The molecule has 0 atom stereocenters. The third-order valence-electron chi connectivity index (χ3n) is 1.24. The fourth-order valence-electron chi connectivity index (χ4n) is 0.674. The highest BCUT2D eigenvalue weighted by atomic mass is 15.3. The van der Waals surface area contributed by atoms with Crippen molar-refractivity contribution in [1.29, 1.82) is 0 Å². The second-order valence-corrected chi connectivity index (χ2v) is 2.11. The SMILES string of the molecule is CCCCNc1ncn[nH]1. The van der Waals surface area contributed by atoms with E-state index < -0.39 is 0 Å². The van der Waals surface area contributed by atoms with E-state index >= 15 is 0 Å². The van der Waals surface area contributed by atoms with Gasteiger partial charge in [0.05, 0.1) is 0 Å². The third kappa shape index (κ3) is 2.05. The second kappa shape index (κ2) is 3.87. The van der Waals surface area contributed by atoms with Crippen LogP contribution in [0.5, 0.6) is 0 Å². The van der Waals surface area contributed by atoms with Gasteiger partial charge in [-0.2, -0.15) is 5.10 Å². The van der Waals surface area contributed by atoms with Crippen molar-refractivity contribution < 1.29 is 0 Å². The van der Waals surface area contributed by atoms with Gasteiger partial charge in [-0.15, -0.1) is 0 Å². The molecule has 1 heterocycles.